The molecule has 0 aliphatic carbocycles. The van der Waals surface area contributed by atoms with Gasteiger partial charge in [0.25, 0.3) is 0 Å². The van der Waals surface area contributed by atoms with Crippen molar-refractivity contribution in [2.75, 3.05) is 40.0 Å². The Labute approximate surface area is 397 Å². The monoisotopic (exact) mass is 960 g/mol. The number of carbonyl (C=O) groups excluding carboxylic acids is 4. The van der Waals surface area contributed by atoms with Gasteiger partial charge in [-0.3, -0.25) is 14.4 Å². The SMILES string of the molecule is CCOC(C)O[C@H]1/C=C/C=C/C[C@@H](C)OC(=O)C[C@@H](OC(C)=O)[C@H](OC)[C@@H](O[C@@H]2O[C@H](C)[C@@H](O[C@H]3C[C@@](C)(OCSC)[C@@H](OC(=O)CC(C)C)[C@H](C)O3)[C@H](N(C)C)[C@H]2O)[C@@H](CC=O)C[C@H]1C. The van der Waals surface area contributed by atoms with E-state index in [0.717, 1.165) is 6.29 Å². The van der Waals surface area contributed by atoms with Crippen LogP contribution in [0.4, 0.5) is 0 Å². The number of thioether (sulfide) groups is 1. The van der Waals surface area contributed by atoms with Gasteiger partial charge in [0.05, 0.1) is 42.8 Å². The fourth-order valence-corrected chi connectivity index (χ4v) is 9.45. The molecule has 18 heteroatoms. The molecule has 17 nitrogen and oxygen atoms in total. The van der Waals surface area contributed by atoms with E-state index in [1.54, 1.807) is 27.9 Å². The van der Waals surface area contributed by atoms with Crippen molar-refractivity contribution in [2.24, 2.45) is 17.8 Å². The normalized spacial score (nSPS) is 37.7. The van der Waals surface area contributed by atoms with Gasteiger partial charge < -0.3 is 66.9 Å². The number of likely N-dealkylation sites (N-methyl/N-ethyl adjacent to an activating group) is 1. The van der Waals surface area contributed by atoms with Crippen LogP contribution in [0.25, 0.3) is 0 Å². The number of aliphatic hydroxyl groups excluding tert-OH is 1. The lowest BCUT2D eigenvalue weighted by Gasteiger charge is -2.51. The average Bonchev–Trinajstić information content (AvgIpc) is 3.21. The fraction of sp³-hybridized carbons (Fsp3) is 0.833. The number of cyclic esters (lactones) is 1. The van der Waals surface area contributed by atoms with E-state index in [9.17, 15) is 24.3 Å². The second kappa shape index (κ2) is 28.2. The molecule has 0 aromatic rings. The zero-order valence-corrected chi connectivity index (χ0v) is 42.6. The highest BCUT2D eigenvalue weighted by molar-refractivity contribution is 7.98. The van der Waals surface area contributed by atoms with Crippen LogP contribution < -0.4 is 0 Å². The molecule has 3 aliphatic rings. The first kappa shape index (κ1) is 57.8. The van der Waals surface area contributed by atoms with Crippen LogP contribution in [-0.2, 0) is 71.3 Å². The summed E-state index contributed by atoms with van der Waals surface area (Å²) in [5, 5.41) is 12.4. The standard InChI is InChI=1S/C48H81NO16S/c1-15-56-34(9)62-36-20-18-16-17-19-30(5)58-39(53)25-37(61-33(8)51)45(55-13)44(35(21-22-50)24-29(36)4)65-47-42(54)41(49(11)12)43(31(6)60-47)64-40-26-48(10,57-27-66-14)46(32(7)59-40)63-38(52)23-28(2)3/h16-18,20,22,28-32,34-37,40-47,54H,15,19,21,23-27H2,1-14H3/b17-16+,20-18+/t29-,30-,31-,32+,34?,35+,36+,37-,40+,41-,42-,43-,44+,45+,46+,47+,48-/m1/s1. The molecule has 0 radical (unpaired) electrons. The van der Waals surface area contributed by atoms with Crippen LogP contribution in [0.5, 0.6) is 0 Å². The van der Waals surface area contributed by atoms with Gasteiger partial charge >= 0.3 is 17.9 Å². The lowest BCUT2D eigenvalue weighted by molar-refractivity contribution is -0.345. The van der Waals surface area contributed by atoms with Crippen LogP contribution in [0.1, 0.15) is 108 Å². The molecule has 2 saturated heterocycles. The number of hydrogen-bond donors (Lipinski definition) is 1. The number of allylic oxidation sites excluding steroid dienone is 2. The Balaban J connectivity index is 2.06. The molecular weight excluding hydrogens is 879 g/mol. The lowest BCUT2D eigenvalue weighted by atomic mass is 9.82. The van der Waals surface area contributed by atoms with E-state index in [2.05, 4.69) is 0 Å². The highest BCUT2D eigenvalue weighted by Crippen LogP contribution is 2.40. The first-order chi connectivity index (χ1) is 31.2. The second-order valence-corrected chi connectivity index (χ2v) is 19.4. The second-order valence-electron chi connectivity index (χ2n) is 18.6. The van der Waals surface area contributed by atoms with E-state index < -0.39 is 109 Å². The van der Waals surface area contributed by atoms with Crippen LogP contribution in [0.15, 0.2) is 24.3 Å². The van der Waals surface area contributed by atoms with Gasteiger partial charge in [0.1, 0.15) is 42.4 Å². The van der Waals surface area contributed by atoms with Crippen molar-refractivity contribution in [3.05, 3.63) is 24.3 Å². The third kappa shape index (κ3) is 17.5. The maximum absolute atomic E-state index is 13.5. The molecule has 17 atom stereocenters. The average molecular weight is 960 g/mol. The summed E-state index contributed by atoms with van der Waals surface area (Å²) in [4.78, 5) is 53.5. The molecule has 380 valence electrons. The number of ether oxygens (including phenoxy) is 11. The van der Waals surface area contributed by atoms with Gasteiger partial charge in [0.2, 0.25) is 0 Å². The number of aliphatic hydroxyl groups is 1. The summed E-state index contributed by atoms with van der Waals surface area (Å²) in [5.74, 6) is -2.10. The number of methoxy groups -OCH3 is 1. The molecule has 0 aromatic heterocycles. The van der Waals surface area contributed by atoms with E-state index in [4.69, 9.17) is 52.1 Å². The molecule has 0 amide bonds. The van der Waals surface area contributed by atoms with Crippen LogP contribution in [0.2, 0.25) is 0 Å². The number of aldehydes is 1. The molecule has 66 heavy (non-hydrogen) atoms. The minimum Gasteiger partial charge on any atom is -0.462 e. The van der Waals surface area contributed by atoms with E-state index in [1.807, 2.05) is 83.9 Å². The Morgan fingerprint density at radius 2 is 1.74 bits per heavy atom. The smallest absolute Gasteiger partial charge is 0.309 e. The summed E-state index contributed by atoms with van der Waals surface area (Å²) in [6.07, 6.45) is -0.438. The Morgan fingerprint density at radius 1 is 1.03 bits per heavy atom. The van der Waals surface area contributed by atoms with Gasteiger partial charge in [0.15, 0.2) is 25.0 Å². The van der Waals surface area contributed by atoms with Gasteiger partial charge in [-0.25, -0.2) is 0 Å². The zero-order chi connectivity index (χ0) is 49.3. The van der Waals surface area contributed by atoms with Crippen molar-refractivity contribution in [1.29, 1.82) is 0 Å². The summed E-state index contributed by atoms with van der Waals surface area (Å²) in [7, 11) is 5.01. The van der Waals surface area contributed by atoms with Gasteiger partial charge in [-0.05, 0) is 86.1 Å². The summed E-state index contributed by atoms with van der Waals surface area (Å²) in [6, 6.07) is -0.745. The third-order valence-corrected chi connectivity index (χ3v) is 12.5. The van der Waals surface area contributed by atoms with Crippen LogP contribution in [-0.4, -0.2) is 166 Å². The zero-order valence-electron chi connectivity index (χ0n) is 41.8. The maximum atomic E-state index is 13.5. The lowest BCUT2D eigenvalue weighted by Crippen LogP contribution is -2.66. The fourth-order valence-electron chi connectivity index (χ4n) is 9.06. The van der Waals surface area contributed by atoms with Crippen molar-refractivity contribution < 1.29 is 76.4 Å². The van der Waals surface area contributed by atoms with Crippen molar-refractivity contribution in [3.8, 4) is 0 Å². The molecule has 1 N–H and O–H groups in total. The Bertz CT molecular complexity index is 1550. The largest absolute Gasteiger partial charge is 0.462 e. The highest BCUT2D eigenvalue weighted by atomic mass is 32.2. The van der Waals surface area contributed by atoms with Crippen molar-refractivity contribution >= 4 is 36.0 Å². The third-order valence-electron chi connectivity index (χ3n) is 12.1. The molecule has 0 saturated carbocycles. The molecule has 3 aliphatic heterocycles. The molecule has 3 heterocycles. The Morgan fingerprint density at radius 3 is 2.35 bits per heavy atom. The van der Waals surface area contributed by atoms with Crippen LogP contribution >= 0.6 is 11.8 Å². The van der Waals surface area contributed by atoms with Crippen molar-refractivity contribution in [3.63, 3.8) is 0 Å². The van der Waals surface area contributed by atoms with E-state index in [0.29, 0.717) is 25.4 Å². The topological polar surface area (TPSA) is 193 Å². The predicted octanol–water partition coefficient (Wildman–Crippen LogP) is 5.77. The predicted molar refractivity (Wildman–Crippen MR) is 247 cm³/mol. The molecule has 0 aromatic carbocycles. The van der Waals surface area contributed by atoms with Crippen molar-refractivity contribution in [2.45, 2.75) is 199 Å². The van der Waals surface area contributed by atoms with Crippen LogP contribution in [0, 0.1) is 17.8 Å². The first-order valence-corrected chi connectivity index (χ1v) is 24.8. The minimum absolute atomic E-state index is 0.0376. The van der Waals surface area contributed by atoms with Crippen molar-refractivity contribution in [1.82, 2.24) is 4.90 Å². The molecule has 0 bridgehead atoms. The highest BCUT2D eigenvalue weighted by Gasteiger charge is 2.54. The molecule has 1 unspecified atom stereocenters. The van der Waals surface area contributed by atoms with Gasteiger partial charge in [0, 0.05) is 46.3 Å². The molecule has 0 spiro atoms. The van der Waals surface area contributed by atoms with Gasteiger partial charge in [-0.1, -0.05) is 45.1 Å². The van der Waals surface area contributed by atoms with Gasteiger partial charge in [-0.2, -0.15) is 0 Å². The minimum atomic E-state index is -1.37. The number of esters is 3. The summed E-state index contributed by atoms with van der Waals surface area (Å²) in [5.41, 5.74) is -0.973. The Kier molecular flexibility index (Phi) is 24.7. The van der Waals surface area contributed by atoms with E-state index >= 15 is 0 Å². The van der Waals surface area contributed by atoms with E-state index in [1.165, 1.54) is 25.8 Å². The number of hydrogen-bond acceptors (Lipinski definition) is 18. The first-order valence-electron chi connectivity index (χ1n) is 23.4. The van der Waals surface area contributed by atoms with Gasteiger partial charge in [-0.15, -0.1) is 11.8 Å². The molecule has 2 fully saturated rings. The Hall–Kier alpha value is -2.49. The summed E-state index contributed by atoms with van der Waals surface area (Å²) in [6.45, 7) is 18.5. The van der Waals surface area contributed by atoms with Crippen LogP contribution in [0.3, 0.4) is 0 Å². The summed E-state index contributed by atoms with van der Waals surface area (Å²) < 4.78 is 68.7. The maximum Gasteiger partial charge on any atom is 0.309 e. The quantitative estimate of drug-likeness (QED) is 0.0710. The summed E-state index contributed by atoms with van der Waals surface area (Å²) >= 11 is 1.49. The van der Waals surface area contributed by atoms with E-state index in [-0.39, 0.29) is 43.5 Å². The number of rotatable bonds is 19. The number of nitrogens with zero attached hydrogens (tertiary/aromatic N) is 1. The molecule has 3 rings (SSSR count). The number of carbonyl (C=O) groups is 4. The molecular formula is C48H81NO16S.